The van der Waals surface area contributed by atoms with Crippen molar-refractivity contribution in [1.29, 1.82) is 0 Å². The molecule has 0 fully saturated rings. The molecule has 86 valence electrons. The summed E-state index contributed by atoms with van der Waals surface area (Å²) in [4.78, 5) is 4.10. The minimum absolute atomic E-state index is 0.219. The normalized spacial score (nSPS) is 13.0. The van der Waals surface area contributed by atoms with Crippen LogP contribution in [0.1, 0.15) is 17.6 Å². The second-order valence-electron chi connectivity index (χ2n) is 3.54. The second-order valence-corrected chi connectivity index (χ2v) is 3.54. The molecule has 2 rings (SSSR count). The average molecular weight is 223 g/mol. The van der Waals surface area contributed by atoms with Crippen molar-refractivity contribution in [3.63, 3.8) is 0 Å². The van der Waals surface area contributed by atoms with Gasteiger partial charge in [-0.05, 0) is 13.0 Å². The molecular formula is C9H13N5O2. The van der Waals surface area contributed by atoms with Gasteiger partial charge in [-0.1, -0.05) is 5.16 Å². The van der Waals surface area contributed by atoms with Gasteiger partial charge in [-0.2, -0.15) is 10.1 Å². The fourth-order valence-electron chi connectivity index (χ4n) is 1.38. The molecule has 0 bridgehead atoms. The Hall–Kier alpha value is -1.73. The van der Waals surface area contributed by atoms with Crippen LogP contribution in [-0.4, -0.2) is 31.6 Å². The summed E-state index contributed by atoms with van der Waals surface area (Å²) >= 11 is 0. The van der Waals surface area contributed by atoms with Gasteiger partial charge in [0.05, 0.1) is 18.3 Å². The van der Waals surface area contributed by atoms with E-state index >= 15 is 0 Å². The molecular weight excluding hydrogens is 210 g/mol. The van der Waals surface area contributed by atoms with E-state index in [4.69, 9.17) is 15.4 Å². The van der Waals surface area contributed by atoms with E-state index in [2.05, 4.69) is 15.2 Å². The molecule has 1 atom stereocenters. The Morgan fingerprint density at radius 2 is 2.38 bits per heavy atom. The largest absolute Gasteiger partial charge is 0.394 e. The van der Waals surface area contributed by atoms with Gasteiger partial charge in [-0.3, -0.25) is 4.68 Å². The Morgan fingerprint density at radius 3 is 2.94 bits per heavy atom. The molecule has 0 saturated carbocycles. The van der Waals surface area contributed by atoms with E-state index in [1.807, 2.05) is 13.0 Å². The SMILES string of the molecule is Cc1cc(-c2nc(C(N)CO)no2)n(C)n1. The molecule has 2 aromatic rings. The number of aryl methyl sites for hydroxylation is 2. The van der Waals surface area contributed by atoms with Gasteiger partial charge in [0.1, 0.15) is 5.69 Å². The van der Waals surface area contributed by atoms with Crippen molar-refractivity contribution in [3.05, 3.63) is 17.6 Å². The summed E-state index contributed by atoms with van der Waals surface area (Å²) < 4.78 is 6.70. The molecule has 0 aromatic carbocycles. The molecule has 16 heavy (non-hydrogen) atoms. The third kappa shape index (κ3) is 1.82. The van der Waals surface area contributed by atoms with Crippen molar-refractivity contribution in [2.45, 2.75) is 13.0 Å². The van der Waals surface area contributed by atoms with Crippen LogP contribution in [0.15, 0.2) is 10.6 Å². The van der Waals surface area contributed by atoms with Gasteiger partial charge in [0, 0.05) is 7.05 Å². The van der Waals surface area contributed by atoms with E-state index < -0.39 is 6.04 Å². The van der Waals surface area contributed by atoms with Crippen LogP contribution in [-0.2, 0) is 7.05 Å². The third-order valence-corrected chi connectivity index (χ3v) is 2.19. The molecule has 2 heterocycles. The van der Waals surface area contributed by atoms with E-state index in [0.717, 1.165) is 11.4 Å². The van der Waals surface area contributed by atoms with Gasteiger partial charge < -0.3 is 15.4 Å². The van der Waals surface area contributed by atoms with Crippen LogP contribution in [0.3, 0.4) is 0 Å². The minimum atomic E-state index is -0.619. The van der Waals surface area contributed by atoms with E-state index in [0.29, 0.717) is 5.89 Å². The highest BCUT2D eigenvalue weighted by atomic mass is 16.5. The molecule has 3 N–H and O–H groups in total. The molecule has 0 radical (unpaired) electrons. The summed E-state index contributed by atoms with van der Waals surface area (Å²) in [6.07, 6.45) is 0. The molecule has 0 aliphatic rings. The lowest BCUT2D eigenvalue weighted by Gasteiger charge is -1.98. The average Bonchev–Trinajstić information content (AvgIpc) is 2.83. The maximum Gasteiger partial charge on any atom is 0.276 e. The summed E-state index contributed by atoms with van der Waals surface area (Å²) in [7, 11) is 1.79. The predicted molar refractivity (Wildman–Crippen MR) is 55.3 cm³/mol. The van der Waals surface area contributed by atoms with E-state index in [-0.39, 0.29) is 12.4 Å². The number of hydrogen-bond acceptors (Lipinski definition) is 6. The van der Waals surface area contributed by atoms with Crippen molar-refractivity contribution in [1.82, 2.24) is 19.9 Å². The number of nitrogens with zero attached hydrogens (tertiary/aromatic N) is 4. The van der Waals surface area contributed by atoms with E-state index in [9.17, 15) is 0 Å². The molecule has 0 saturated heterocycles. The highest BCUT2D eigenvalue weighted by Crippen LogP contribution is 2.18. The number of aliphatic hydroxyl groups is 1. The quantitative estimate of drug-likeness (QED) is 0.745. The standard InChI is InChI=1S/C9H13N5O2/c1-5-3-7(14(2)12-5)9-11-8(13-16-9)6(10)4-15/h3,6,15H,4,10H2,1-2H3. The van der Waals surface area contributed by atoms with E-state index in [1.54, 1.807) is 11.7 Å². The van der Waals surface area contributed by atoms with Crippen LogP contribution in [0.5, 0.6) is 0 Å². The Morgan fingerprint density at radius 1 is 1.62 bits per heavy atom. The first-order chi connectivity index (χ1) is 7.61. The third-order valence-electron chi connectivity index (χ3n) is 2.19. The van der Waals surface area contributed by atoms with Gasteiger partial charge in [0.15, 0.2) is 5.82 Å². The summed E-state index contributed by atoms with van der Waals surface area (Å²) in [6, 6.07) is 1.22. The highest BCUT2D eigenvalue weighted by Gasteiger charge is 2.16. The zero-order valence-electron chi connectivity index (χ0n) is 9.08. The lowest BCUT2D eigenvalue weighted by molar-refractivity contribution is 0.260. The number of rotatable bonds is 3. The van der Waals surface area contributed by atoms with Crippen LogP contribution in [0.2, 0.25) is 0 Å². The summed E-state index contributed by atoms with van der Waals surface area (Å²) in [5.74, 6) is 0.637. The molecule has 7 nitrogen and oxygen atoms in total. The van der Waals surface area contributed by atoms with Crippen molar-refractivity contribution < 1.29 is 9.63 Å². The number of hydrogen-bond donors (Lipinski definition) is 2. The Balaban J connectivity index is 2.35. The molecule has 0 spiro atoms. The van der Waals surface area contributed by atoms with Gasteiger partial charge in [0.2, 0.25) is 0 Å². The van der Waals surface area contributed by atoms with Crippen molar-refractivity contribution in [3.8, 4) is 11.6 Å². The topological polar surface area (TPSA) is 103 Å². The van der Waals surface area contributed by atoms with E-state index in [1.165, 1.54) is 0 Å². The maximum atomic E-state index is 8.86. The summed E-state index contributed by atoms with van der Waals surface area (Å²) in [5, 5.41) is 16.7. The maximum absolute atomic E-state index is 8.86. The first-order valence-corrected chi connectivity index (χ1v) is 4.83. The van der Waals surface area contributed by atoms with Gasteiger partial charge >= 0.3 is 0 Å². The predicted octanol–water partition coefficient (Wildman–Crippen LogP) is -0.229. The Labute approximate surface area is 91.9 Å². The molecule has 7 heteroatoms. The highest BCUT2D eigenvalue weighted by molar-refractivity contribution is 5.47. The molecule has 0 aliphatic heterocycles. The Bertz CT molecular complexity index is 490. The van der Waals surface area contributed by atoms with Gasteiger partial charge in [0.25, 0.3) is 5.89 Å². The fourth-order valence-corrected chi connectivity index (χ4v) is 1.38. The number of nitrogens with two attached hydrogens (primary N) is 1. The van der Waals surface area contributed by atoms with Crippen molar-refractivity contribution >= 4 is 0 Å². The molecule has 2 aromatic heterocycles. The smallest absolute Gasteiger partial charge is 0.276 e. The monoisotopic (exact) mass is 223 g/mol. The first-order valence-electron chi connectivity index (χ1n) is 4.83. The van der Waals surface area contributed by atoms with Crippen LogP contribution < -0.4 is 5.73 Å². The lowest BCUT2D eigenvalue weighted by Crippen LogP contribution is -2.15. The van der Waals surface area contributed by atoms with Gasteiger partial charge in [-0.25, -0.2) is 0 Å². The minimum Gasteiger partial charge on any atom is -0.394 e. The zero-order chi connectivity index (χ0) is 11.7. The second kappa shape index (κ2) is 4.03. The van der Waals surface area contributed by atoms with Crippen LogP contribution in [0, 0.1) is 6.92 Å². The lowest BCUT2D eigenvalue weighted by atomic mass is 10.3. The first kappa shape index (κ1) is 10.8. The number of aliphatic hydroxyl groups excluding tert-OH is 1. The van der Waals surface area contributed by atoms with Crippen LogP contribution in [0.4, 0.5) is 0 Å². The Kier molecular flexibility index (Phi) is 2.71. The van der Waals surface area contributed by atoms with Crippen LogP contribution in [0.25, 0.3) is 11.6 Å². The number of aromatic nitrogens is 4. The summed E-state index contributed by atoms with van der Waals surface area (Å²) in [6.45, 7) is 1.66. The molecule has 1 unspecified atom stereocenters. The molecule has 0 aliphatic carbocycles. The van der Waals surface area contributed by atoms with Crippen LogP contribution >= 0.6 is 0 Å². The summed E-state index contributed by atoms with van der Waals surface area (Å²) in [5.41, 5.74) is 7.16. The zero-order valence-corrected chi connectivity index (χ0v) is 9.08. The van der Waals surface area contributed by atoms with Gasteiger partial charge in [-0.15, -0.1) is 0 Å². The fraction of sp³-hybridized carbons (Fsp3) is 0.444. The van der Waals surface area contributed by atoms with Crippen molar-refractivity contribution in [2.75, 3.05) is 6.61 Å². The molecule has 0 amide bonds. The van der Waals surface area contributed by atoms with Crippen molar-refractivity contribution in [2.24, 2.45) is 12.8 Å².